The van der Waals surface area contributed by atoms with Gasteiger partial charge in [0.25, 0.3) is 0 Å². The topological polar surface area (TPSA) is 48.4 Å². The van der Waals surface area contributed by atoms with Gasteiger partial charge in [0, 0.05) is 24.7 Å². The number of nitrogens with zero attached hydrogens (tertiary/aromatic N) is 1. The second-order valence-electron chi connectivity index (χ2n) is 5.07. The lowest BCUT2D eigenvalue weighted by Crippen LogP contribution is -2.39. The first-order valence-electron chi connectivity index (χ1n) is 6.61. The Morgan fingerprint density at radius 1 is 1.39 bits per heavy atom. The van der Waals surface area contributed by atoms with Crippen LogP contribution < -0.4 is 10.1 Å². The fourth-order valence-corrected chi connectivity index (χ4v) is 2.68. The van der Waals surface area contributed by atoms with Crippen molar-refractivity contribution in [1.82, 2.24) is 10.2 Å². The van der Waals surface area contributed by atoms with Crippen LogP contribution in [0.1, 0.15) is 12.5 Å². The van der Waals surface area contributed by atoms with E-state index in [0.29, 0.717) is 18.1 Å². The summed E-state index contributed by atoms with van der Waals surface area (Å²) in [7, 11) is 1.72. The average Bonchev–Trinajstić information content (AvgIpc) is 2.43. The summed E-state index contributed by atoms with van der Waals surface area (Å²) in [6, 6.07) is 4.35. The van der Waals surface area contributed by atoms with E-state index in [0.717, 1.165) is 16.8 Å². The molecule has 1 aliphatic rings. The zero-order valence-corrected chi connectivity index (χ0v) is 14.1. The molecule has 23 heavy (non-hydrogen) atoms. The Morgan fingerprint density at radius 2 is 2.04 bits per heavy atom. The summed E-state index contributed by atoms with van der Waals surface area (Å²) < 4.78 is 41.0. The summed E-state index contributed by atoms with van der Waals surface area (Å²) in [6.45, 7) is 5.64. The number of nitrogens with one attached hydrogen (secondary N) is 2. The number of benzene rings is 1. The van der Waals surface area contributed by atoms with Crippen LogP contribution in [0.5, 0.6) is 5.75 Å². The lowest BCUT2D eigenvalue weighted by Gasteiger charge is -2.31. The number of halogens is 4. The maximum absolute atomic E-state index is 12.3. The Labute approximate surface area is 140 Å². The van der Waals surface area contributed by atoms with Gasteiger partial charge in [-0.25, -0.2) is 0 Å². The molecule has 0 spiro atoms. The quantitative estimate of drug-likeness (QED) is 0.816. The molecule has 2 rings (SSSR count). The van der Waals surface area contributed by atoms with E-state index in [4.69, 9.17) is 5.41 Å². The molecule has 0 aromatic heterocycles. The highest BCUT2D eigenvalue weighted by atomic mass is 79.9. The maximum Gasteiger partial charge on any atom is 0.573 e. The lowest BCUT2D eigenvalue weighted by atomic mass is 10.0. The minimum absolute atomic E-state index is 0.207. The van der Waals surface area contributed by atoms with Gasteiger partial charge in [0.1, 0.15) is 17.4 Å². The Hall–Kier alpha value is -1.96. The Morgan fingerprint density at radius 3 is 2.61 bits per heavy atom. The average molecular weight is 390 g/mol. The van der Waals surface area contributed by atoms with Crippen molar-refractivity contribution in [3.05, 3.63) is 51.9 Å². The first-order valence-corrected chi connectivity index (χ1v) is 7.40. The van der Waals surface area contributed by atoms with E-state index in [-0.39, 0.29) is 10.2 Å². The van der Waals surface area contributed by atoms with Gasteiger partial charge in [-0.05, 0) is 40.5 Å². The Balaban J connectivity index is 2.24. The minimum atomic E-state index is -4.73. The molecule has 0 radical (unpaired) electrons. The van der Waals surface area contributed by atoms with Crippen LogP contribution in [0.2, 0.25) is 0 Å². The van der Waals surface area contributed by atoms with Crippen LogP contribution in [0.4, 0.5) is 13.2 Å². The van der Waals surface area contributed by atoms with Crippen LogP contribution >= 0.6 is 15.9 Å². The monoisotopic (exact) mass is 389 g/mol. The maximum atomic E-state index is 12.3. The molecule has 4 nitrogen and oxygen atoms in total. The molecular formula is C15H15BrF3N3O. The molecule has 0 saturated carbocycles. The van der Waals surface area contributed by atoms with Crippen molar-refractivity contribution in [1.29, 1.82) is 5.41 Å². The van der Waals surface area contributed by atoms with Crippen molar-refractivity contribution in [2.24, 2.45) is 0 Å². The van der Waals surface area contributed by atoms with Crippen molar-refractivity contribution < 1.29 is 17.9 Å². The van der Waals surface area contributed by atoms with Gasteiger partial charge in [0.2, 0.25) is 0 Å². The van der Waals surface area contributed by atoms with Gasteiger partial charge in [-0.15, -0.1) is 13.2 Å². The molecule has 0 amide bonds. The predicted molar refractivity (Wildman–Crippen MR) is 85.0 cm³/mol. The first kappa shape index (κ1) is 17.4. The van der Waals surface area contributed by atoms with Gasteiger partial charge < -0.3 is 15.0 Å². The molecule has 0 atom stereocenters. The molecule has 1 aromatic carbocycles. The summed E-state index contributed by atoms with van der Waals surface area (Å²) in [6.07, 6.45) is -4.33. The van der Waals surface area contributed by atoms with E-state index >= 15 is 0 Å². The molecule has 0 unspecified atom stereocenters. The highest BCUT2D eigenvalue weighted by Gasteiger charge is 2.32. The number of ether oxygens (including phenoxy) is 1. The fourth-order valence-electron chi connectivity index (χ4n) is 2.17. The molecule has 0 aliphatic carbocycles. The summed E-state index contributed by atoms with van der Waals surface area (Å²) in [5.74, 6) is 0.610. The van der Waals surface area contributed by atoms with Crippen molar-refractivity contribution in [3.8, 4) is 5.75 Å². The molecule has 0 bridgehead atoms. The summed E-state index contributed by atoms with van der Waals surface area (Å²) in [5.41, 5.74) is 2.30. The number of alkyl halides is 3. The number of hydrogen-bond acceptors (Lipinski definition) is 3. The molecule has 0 saturated heterocycles. The molecule has 1 aliphatic heterocycles. The van der Waals surface area contributed by atoms with Gasteiger partial charge in [-0.3, -0.25) is 5.41 Å². The van der Waals surface area contributed by atoms with Crippen LogP contribution in [-0.4, -0.2) is 24.1 Å². The highest BCUT2D eigenvalue weighted by molar-refractivity contribution is 9.10. The summed E-state index contributed by atoms with van der Waals surface area (Å²) in [4.78, 5) is 1.61. The highest BCUT2D eigenvalue weighted by Crippen LogP contribution is 2.32. The van der Waals surface area contributed by atoms with E-state index < -0.39 is 6.36 Å². The van der Waals surface area contributed by atoms with Crippen LogP contribution in [0, 0.1) is 5.41 Å². The van der Waals surface area contributed by atoms with Crippen molar-refractivity contribution in [2.45, 2.75) is 19.7 Å². The largest absolute Gasteiger partial charge is 0.573 e. The second-order valence-corrected chi connectivity index (χ2v) is 5.93. The first-order chi connectivity index (χ1) is 10.6. The van der Waals surface area contributed by atoms with E-state index in [1.54, 1.807) is 24.1 Å². The minimum Gasteiger partial charge on any atom is -0.405 e. The SMILES string of the molecule is C=C1NC(C)=C(Cc2ccc(OC(F)(F)F)c(Br)c2)C(=N)N1C. The molecule has 2 N–H and O–H groups in total. The fraction of sp³-hybridized carbons (Fsp3) is 0.267. The smallest absolute Gasteiger partial charge is 0.405 e. The number of hydrogen-bond donors (Lipinski definition) is 2. The van der Waals surface area contributed by atoms with Gasteiger partial charge >= 0.3 is 6.36 Å². The van der Waals surface area contributed by atoms with Gasteiger partial charge in [-0.2, -0.15) is 0 Å². The number of allylic oxidation sites excluding steroid dienone is 1. The van der Waals surface area contributed by atoms with E-state index in [9.17, 15) is 13.2 Å². The molecule has 1 aromatic rings. The molecule has 124 valence electrons. The zero-order valence-electron chi connectivity index (χ0n) is 12.5. The normalized spacial score (nSPS) is 15.8. The number of likely N-dealkylation sites (N-methyl/N-ethyl adjacent to an activating group) is 1. The Bertz CT molecular complexity index is 698. The zero-order chi connectivity index (χ0) is 17.4. The van der Waals surface area contributed by atoms with Gasteiger partial charge in [0.05, 0.1) is 4.47 Å². The van der Waals surface area contributed by atoms with Crippen LogP contribution in [0.3, 0.4) is 0 Å². The van der Waals surface area contributed by atoms with Crippen LogP contribution in [-0.2, 0) is 6.42 Å². The standard InChI is InChI=1S/C15H15BrF3N3O/c1-8-11(14(20)22(3)9(2)21-8)6-10-4-5-13(12(16)7-10)23-15(17,18)19/h4-5,7,20-21H,2,6H2,1,3H3. The van der Waals surface area contributed by atoms with Crippen LogP contribution in [0.25, 0.3) is 0 Å². The van der Waals surface area contributed by atoms with Crippen LogP contribution in [0.15, 0.2) is 46.3 Å². The summed E-state index contributed by atoms with van der Waals surface area (Å²) >= 11 is 3.08. The van der Waals surface area contributed by atoms with Gasteiger partial charge in [0.15, 0.2) is 0 Å². The lowest BCUT2D eigenvalue weighted by molar-refractivity contribution is -0.274. The number of amidine groups is 1. The summed E-state index contributed by atoms with van der Waals surface area (Å²) in [5, 5.41) is 11.2. The number of rotatable bonds is 3. The predicted octanol–water partition coefficient (Wildman–Crippen LogP) is 4.15. The molecule has 8 heteroatoms. The third-order valence-electron chi connectivity index (χ3n) is 3.41. The second kappa shape index (κ2) is 6.27. The van der Waals surface area contributed by atoms with Crippen molar-refractivity contribution >= 4 is 21.8 Å². The van der Waals surface area contributed by atoms with Crippen molar-refractivity contribution in [2.75, 3.05) is 7.05 Å². The van der Waals surface area contributed by atoms with Crippen molar-refractivity contribution in [3.63, 3.8) is 0 Å². The van der Waals surface area contributed by atoms with Gasteiger partial charge in [-0.1, -0.05) is 12.6 Å². The van der Waals surface area contributed by atoms with E-state index in [1.807, 2.05) is 6.92 Å². The molecule has 0 fully saturated rings. The molecule has 1 heterocycles. The third-order valence-corrected chi connectivity index (χ3v) is 4.03. The van der Waals surface area contributed by atoms with E-state index in [2.05, 4.69) is 32.6 Å². The Kier molecular flexibility index (Phi) is 4.74. The molecular weight excluding hydrogens is 375 g/mol. The van der Waals surface area contributed by atoms with E-state index in [1.165, 1.54) is 6.07 Å². The third kappa shape index (κ3) is 4.07.